The maximum atomic E-state index is 12.5. The lowest BCUT2D eigenvalue weighted by Gasteiger charge is -2.10. The number of nitrogens with one attached hydrogen (secondary N) is 1. The third-order valence-electron chi connectivity index (χ3n) is 4.68. The van der Waals surface area contributed by atoms with Crippen LogP contribution < -0.4 is 10.1 Å². The molecule has 8 nitrogen and oxygen atoms in total. The highest BCUT2D eigenvalue weighted by Crippen LogP contribution is 2.29. The fraction of sp³-hybridized carbons (Fsp3) is 0.364. The molecular weight excluding hydrogens is 448 g/mol. The molecule has 1 N–H and O–H groups in total. The van der Waals surface area contributed by atoms with E-state index < -0.39 is 5.97 Å². The quantitative estimate of drug-likeness (QED) is 0.345. The Morgan fingerprint density at radius 2 is 2.00 bits per heavy atom. The molecule has 10 heteroatoms. The number of hydrogen-bond donors (Lipinski definition) is 1. The number of amides is 1. The van der Waals surface area contributed by atoms with Crippen LogP contribution in [-0.4, -0.2) is 39.5 Å². The van der Waals surface area contributed by atoms with Crippen LogP contribution >= 0.6 is 23.1 Å². The summed E-state index contributed by atoms with van der Waals surface area (Å²) in [6, 6.07) is 9.55. The summed E-state index contributed by atoms with van der Waals surface area (Å²) in [5.41, 5.74) is 1.42. The summed E-state index contributed by atoms with van der Waals surface area (Å²) in [4.78, 5) is 25.5. The molecule has 0 aliphatic rings. The molecule has 0 unspecified atom stereocenters. The Hall–Kier alpha value is -2.85. The van der Waals surface area contributed by atoms with Crippen molar-refractivity contribution in [1.82, 2.24) is 14.8 Å². The zero-order valence-corrected chi connectivity index (χ0v) is 20.1. The van der Waals surface area contributed by atoms with Crippen molar-refractivity contribution in [1.29, 1.82) is 0 Å². The number of aryl methyl sites for hydroxylation is 2. The van der Waals surface area contributed by atoms with Gasteiger partial charge in [0.2, 0.25) is 5.91 Å². The van der Waals surface area contributed by atoms with Gasteiger partial charge in [0.1, 0.15) is 17.4 Å². The topological polar surface area (TPSA) is 95.3 Å². The maximum Gasteiger partial charge on any atom is 0.340 e. The number of benzene rings is 1. The number of carbonyl (C=O) groups is 2. The Balaban J connectivity index is 1.62. The minimum absolute atomic E-state index is 0.136. The van der Waals surface area contributed by atoms with Crippen molar-refractivity contribution in [3.8, 4) is 5.75 Å². The van der Waals surface area contributed by atoms with Gasteiger partial charge in [-0.3, -0.25) is 4.79 Å². The Labute approximate surface area is 195 Å². The number of aromatic nitrogens is 3. The fourth-order valence-corrected chi connectivity index (χ4v) is 4.80. The molecule has 0 saturated heterocycles. The van der Waals surface area contributed by atoms with Gasteiger partial charge in [-0.05, 0) is 38.0 Å². The summed E-state index contributed by atoms with van der Waals surface area (Å²) in [6.45, 7) is 6.91. The minimum Gasteiger partial charge on any atom is -0.485 e. The Morgan fingerprint density at radius 1 is 1.22 bits per heavy atom. The molecule has 2 aromatic heterocycles. The molecule has 32 heavy (non-hydrogen) atoms. The number of ether oxygens (including phenoxy) is 2. The number of carbonyl (C=O) groups excluding carboxylic acids is 2. The van der Waals surface area contributed by atoms with Gasteiger partial charge in [-0.15, -0.1) is 21.5 Å². The smallest absolute Gasteiger partial charge is 0.340 e. The second-order valence-corrected chi connectivity index (χ2v) is 8.91. The molecule has 0 fully saturated rings. The molecule has 0 radical (unpaired) electrons. The predicted molar refractivity (Wildman–Crippen MR) is 126 cm³/mol. The summed E-state index contributed by atoms with van der Waals surface area (Å²) in [7, 11) is 1.32. The van der Waals surface area contributed by atoms with E-state index in [0.717, 1.165) is 22.6 Å². The molecule has 3 aromatic rings. The van der Waals surface area contributed by atoms with Crippen molar-refractivity contribution in [3.05, 3.63) is 52.2 Å². The highest BCUT2D eigenvalue weighted by Gasteiger charge is 2.19. The van der Waals surface area contributed by atoms with Crippen LogP contribution in [0.1, 0.15) is 40.5 Å². The molecule has 0 atom stereocenters. The zero-order valence-electron chi connectivity index (χ0n) is 18.5. The first-order chi connectivity index (χ1) is 15.5. The molecule has 0 aliphatic carbocycles. The summed E-state index contributed by atoms with van der Waals surface area (Å²) >= 11 is 2.67. The van der Waals surface area contributed by atoms with Gasteiger partial charge in [0, 0.05) is 11.4 Å². The lowest BCUT2D eigenvalue weighted by atomic mass is 10.2. The molecule has 3 rings (SSSR count). The van der Waals surface area contributed by atoms with E-state index >= 15 is 0 Å². The normalized spacial score (nSPS) is 10.8. The molecule has 0 aliphatic heterocycles. The van der Waals surface area contributed by atoms with E-state index in [4.69, 9.17) is 9.47 Å². The first-order valence-corrected chi connectivity index (χ1v) is 12.0. The largest absolute Gasteiger partial charge is 0.485 e. The third-order valence-corrected chi connectivity index (χ3v) is 6.84. The summed E-state index contributed by atoms with van der Waals surface area (Å²) in [5, 5.41) is 12.4. The van der Waals surface area contributed by atoms with Crippen molar-refractivity contribution in [2.24, 2.45) is 0 Å². The van der Waals surface area contributed by atoms with E-state index in [9.17, 15) is 9.59 Å². The zero-order chi connectivity index (χ0) is 23.1. The lowest BCUT2D eigenvalue weighted by Crippen LogP contribution is -2.16. The van der Waals surface area contributed by atoms with E-state index in [1.165, 1.54) is 30.2 Å². The van der Waals surface area contributed by atoms with Gasteiger partial charge < -0.3 is 19.4 Å². The summed E-state index contributed by atoms with van der Waals surface area (Å²) in [5.74, 6) is 0.936. The van der Waals surface area contributed by atoms with Gasteiger partial charge >= 0.3 is 5.97 Å². The number of nitrogens with zero attached hydrogens (tertiary/aromatic N) is 3. The first kappa shape index (κ1) is 23.8. The number of para-hydroxylation sites is 1. The molecule has 0 bridgehead atoms. The van der Waals surface area contributed by atoms with Crippen LogP contribution in [0, 0.1) is 6.92 Å². The lowest BCUT2D eigenvalue weighted by molar-refractivity contribution is -0.113. The van der Waals surface area contributed by atoms with Crippen LogP contribution in [0.25, 0.3) is 0 Å². The van der Waals surface area contributed by atoms with Gasteiger partial charge in [-0.2, -0.15) is 0 Å². The van der Waals surface area contributed by atoms with E-state index in [0.29, 0.717) is 28.1 Å². The molecule has 1 amide bonds. The molecule has 2 heterocycles. The number of esters is 1. The number of rotatable bonds is 10. The predicted octanol–water partition coefficient (Wildman–Crippen LogP) is 4.33. The van der Waals surface area contributed by atoms with Crippen molar-refractivity contribution >= 4 is 40.0 Å². The number of methoxy groups -OCH3 is 1. The van der Waals surface area contributed by atoms with Crippen LogP contribution in [0.4, 0.5) is 5.00 Å². The first-order valence-electron chi connectivity index (χ1n) is 10.2. The van der Waals surface area contributed by atoms with E-state index in [1.54, 1.807) is 6.07 Å². The Bertz CT molecular complexity index is 1090. The van der Waals surface area contributed by atoms with Crippen molar-refractivity contribution in [2.45, 2.75) is 45.5 Å². The Morgan fingerprint density at radius 3 is 2.69 bits per heavy atom. The highest BCUT2D eigenvalue weighted by atomic mass is 32.2. The standard InChI is InChI=1S/C22H26N4O4S2/c1-5-15-11-16(21(28)29-4)20(32-15)23-19(27)13-31-22-25-24-18(26(22)6-2)12-30-17-10-8-7-9-14(17)3/h7-11H,5-6,12-13H2,1-4H3,(H,23,27). The van der Waals surface area contributed by atoms with Crippen molar-refractivity contribution in [3.63, 3.8) is 0 Å². The van der Waals surface area contributed by atoms with Crippen LogP contribution in [0.3, 0.4) is 0 Å². The van der Waals surface area contributed by atoms with Gasteiger partial charge in [0.15, 0.2) is 11.0 Å². The van der Waals surface area contributed by atoms with Crippen LogP contribution in [0.5, 0.6) is 5.75 Å². The molecule has 0 spiro atoms. The van der Waals surface area contributed by atoms with Crippen LogP contribution in [0.15, 0.2) is 35.5 Å². The average Bonchev–Trinajstić information content (AvgIpc) is 3.39. The second-order valence-electron chi connectivity index (χ2n) is 6.83. The maximum absolute atomic E-state index is 12.5. The van der Waals surface area contributed by atoms with E-state index in [-0.39, 0.29) is 18.3 Å². The molecular formula is C22H26N4O4S2. The number of thiophene rings is 1. The summed E-state index contributed by atoms with van der Waals surface area (Å²) in [6.07, 6.45) is 0.770. The van der Waals surface area contributed by atoms with Gasteiger partial charge in [-0.25, -0.2) is 4.79 Å². The summed E-state index contributed by atoms with van der Waals surface area (Å²) < 4.78 is 12.6. The third kappa shape index (κ3) is 5.68. The fourth-order valence-electron chi connectivity index (χ4n) is 2.97. The van der Waals surface area contributed by atoms with Gasteiger partial charge in [-0.1, -0.05) is 36.9 Å². The van der Waals surface area contributed by atoms with Crippen LogP contribution in [0.2, 0.25) is 0 Å². The highest BCUT2D eigenvalue weighted by molar-refractivity contribution is 7.99. The minimum atomic E-state index is -0.465. The molecule has 0 saturated carbocycles. The van der Waals surface area contributed by atoms with Crippen molar-refractivity contribution < 1.29 is 19.1 Å². The molecule has 170 valence electrons. The van der Waals surface area contributed by atoms with Crippen molar-refractivity contribution in [2.75, 3.05) is 18.2 Å². The Kier molecular flexibility index (Phi) is 8.29. The van der Waals surface area contributed by atoms with Gasteiger partial charge in [0.25, 0.3) is 0 Å². The SMILES string of the molecule is CCc1cc(C(=O)OC)c(NC(=O)CSc2nnc(COc3ccccc3C)n2CC)s1. The van der Waals surface area contributed by atoms with E-state index in [1.807, 2.05) is 49.6 Å². The average molecular weight is 475 g/mol. The second kappa shape index (κ2) is 11.1. The number of hydrogen-bond acceptors (Lipinski definition) is 8. The molecule has 1 aromatic carbocycles. The van der Waals surface area contributed by atoms with E-state index in [2.05, 4.69) is 15.5 Å². The van der Waals surface area contributed by atoms with Crippen LogP contribution in [-0.2, 0) is 29.1 Å². The number of thioether (sulfide) groups is 1. The van der Waals surface area contributed by atoms with Gasteiger partial charge in [0.05, 0.1) is 18.4 Å². The number of anilines is 1. The monoisotopic (exact) mass is 474 g/mol.